The molecule has 0 spiro atoms. The maximum absolute atomic E-state index is 11.8. The summed E-state index contributed by atoms with van der Waals surface area (Å²) >= 11 is 5.94. The first-order valence-corrected chi connectivity index (χ1v) is 6.15. The molecule has 0 aliphatic heterocycles. The fourth-order valence-electron chi connectivity index (χ4n) is 1.64. The summed E-state index contributed by atoms with van der Waals surface area (Å²) in [5.41, 5.74) is 6.44. The molecule has 0 aromatic heterocycles. The van der Waals surface area contributed by atoms with Gasteiger partial charge in [0.2, 0.25) is 5.91 Å². The van der Waals surface area contributed by atoms with Crippen LogP contribution in [0, 0.1) is 0 Å². The number of nitrogens with zero attached hydrogens (tertiary/aromatic N) is 1. The maximum atomic E-state index is 11.8. The van der Waals surface area contributed by atoms with Crippen molar-refractivity contribution in [2.45, 2.75) is 25.8 Å². The zero-order chi connectivity index (χ0) is 12.8. The second-order valence-electron chi connectivity index (χ2n) is 4.13. The van der Waals surface area contributed by atoms with E-state index < -0.39 is 0 Å². The van der Waals surface area contributed by atoms with E-state index in [-0.39, 0.29) is 24.4 Å². The highest BCUT2D eigenvalue weighted by Crippen LogP contribution is 2.22. The molecule has 0 fully saturated rings. The molecule has 1 aromatic carbocycles. The lowest BCUT2D eigenvalue weighted by molar-refractivity contribution is -0.131. The number of nitrogens with two attached hydrogens (primary N) is 1. The van der Waals surface area contributed by atoms with E-state index in [4.69, 9.17) is 17.3 Å². The van der Waals surface area contributed by atoms with Gasteiger partial charge in [-0.05, 0) is 37.6 Å². The maximum Gasteiger partial charge on any atom is 0.222 e. The van der Waals surface area contributed by atoms with Gasteiger partial charge >= 0.3 is 0 Å². The fourth-order valence-corrected chi connectivity index (χ4v) is 1.83. The number of halogens is 2. The van der Waals surface area contributed by atoms with Gasteiger partial charge in [0.15, 0.2) is 0 Å². The first-order valence-electron chi connectivity index (χ1n) is 5.77. The molecule has 0 radical (unpaired) electrons. The number of rotatable bonds is 5. The highest BCUT2D eigenvalue weighted by molar-refractivity contribution is 6.30. The summed E-state index contributed by atoms with van der Waals surface area (Å²) in [5.74, 6) is 0.114. The van der Waals surface area contributed by atoms with Gasteiger partial charge in [0.1, 0.15) is 0 Å². The molecule has 1 unspecified atom stereocenters. The molecule has 5 heteroatoms. The van der Waals surface area contributed by atoms with Crippen LogP contribution in [0.5, 0.6) is 0 Å². The summed E-state index contributed by atoms with van der Waals surface area (Å²) in [6.07, 6.45) is 1.23. The molecule has 2 N–H and O–H groups in total. The van der Waals surface area contributed by atoms with Crippen molar-refractivity contribution in [1.29, 1.82) is 0 Å². The van der Waals surface area contributed by atoms with Gasteiger partial charge in [-0.25, -0.2) is 0 Å². The Bertz CT molecular complexity index is 385. The minimum Gasteiger partial charge on any atom is -0.339 e. The van der Waals surface area contributed by atoms with Crippen LogP contribution in [0.25, 0.3) is 0 Å². The molecule has 1 aromatic rings. The summed E-state index contributed by atoms with van der Waals surface area (Å²) in [6.45, 7) is 2.54. The SMILES string of the molecule is CC(c1cccc(Cl)c1)N(C)C(=O)CCCN.Cl. The van der Waals surface area contributed by atoms with E-state index in [1.807, 2.05) is 38.2 Å². The molecular weight excluding hydrogens is 271 g/mol. The average molecular weight is 291 g/mol. The summed E-state index contributed by atoms with van der Waals surface area (Å²) in [7, 11) is 1.81. The lowest BCUT2D eigenvalue weighted by Gasteiger charge is -2.25. The smallest absolute Gasteiger partial charge is 0.222 e. The van der Waals surface area contributed by atoms with Crippen LogP contribution in [-0.4, -0.2) is 24.4 Å². The largest absolute Gasteiger partial charge is 0.339 e. The average Bonchev–Trinajstić information content (AvgIpc) is 2.34. The van der Waals surface area contributed by atoms with Crippen LogP contribution in [-0.2, 0) is 4.79 Å². The van der Waals surface area contributed by atoms with Gasteiger partial charge in [-0.3, -0.25) is 4.79 Å². The quantitative estimate of drug-likeness (QED) is 0.906. The number of carbonyl (C=O) groups excluding carboxylic acids is 1. The number of benzene rings is 1. The molecule has 1 rings (SSSR count). The van der Waals surface area contributed by atoms with Gasteiger partial charge in [-0.2, -0.15) is 0 Å². The van der Waals surface area contributed by atoms with Crippen LogP contribution in [0.3, 0.4) is 0 Å². The van der Waals surface area contributed by atoms with Gasteiger partial charge in [-0.1, -0.05) is 23.7 Å². The third kappa shape index (κ3) is 4.84. The van der Waals surface area contributed by atoms with Crippen molar-refractivity contribution in [2.75, 3.05) is 13.6 Å². The molecule has 0 heterocycles. The number of hydrogen-bond acceptors (Lipinski definition) is 2. The van der Waals surface area contributed by atoms with Crippen molar-refractivity contribution in [3.05, 3.63) is 34.9 Å². The molecule has 0 aliphatic carbocycles. The van der Waals surface area contributed by atoms with E-state index >= 15 is 0 Å². The Hall–Kier alpha value is -0.770. The van der Waals surface area contributed by atoms with Crippen LogP contribution in [0.2, 0.25) is 5.02 Å². The van der Waals surface area contributed by atoms with E-state index in [2.05, 4.69) is 0 Å². The van der Waals surface area contributed by atoms with Crippen molar-refractivity contribution < 1.29 is 4.79 Å². The van der Waals surface area contributed by atoms with E-state index in [1.165, 1.54) is 0 Å². The van der Waals surface area contributed by atoms with Crippen molar-refractivity contribution in [3.63, 3.8) is 0 Å². The molecule has 0 saturated heterocycles. The first-order chi connectivity index (χ1) is 8.06. The van der Waals surface area contributed by atoms with Crippen LogP contribution >= 0.6 is 24.0 Å². The standard InChI is InChI=1S/C13H19ClN2O.ClH/c1-10(11-5-3-6-12(14)9-11)16(2)13(17)7-4-8-15;/h3,5-6,9-10H,4,7-8,15H2,1-2H3;1H. The van der Waals surface area contributed by atoms with Crippen LogP contribution < -0.4 is 5.73 Å². The second-order valence-corrected chi connectivity index (χ2v) is 4.56. The molecular formula is C13H20Cl2N2O. The summed E-state index contributed by atoms with van der Waals surface area (Å²) in [6, 6.07) is 7.61. The highest BCUT2D eigenvalue weighted by atomic mass is 35.5. The molecule has 0 bridgehead atoms. The monoisotopic (exact) mass is 290 g/mol. The summed E-state index contributed by atoms with van der Waals surface area (Å²) in [5, 5.41) is 0.692. The third-order valence-electron chi connectivity index (χ3n) is 2.90. The molecule has 102 valence electrons. The van der Waals surface area contributed by atoms with Gasteiger partial charge < -0.3 is 10.6 Å². The Kier molecular flexibility index (Phi) is 8.00. The highest BCUT2D eigenvalue weighted by Gasteiger charge is 2.16. The zero-order valence-electron chi connectivity index (χ0n) is 10.7. The Morgan fingerprint density at radius 2 is 2.17 bits per heavy atom. The molecule has 18 heavy (non-hydrogen) atoms. The van der Waals surface area contributed by atoms with Crippen molar-refractivity contribution in [2.24, 2.45) is 5.73 Å². The van der Waals surface area contributed by atoms with Gasteiger partial charge in [0.25, 0.3) is 0 Å². The van der Waals surface area contributed by atoms with Gasteiger partial charge in [0.05, 0.1) is 6.04 Å². The third-order valence-corrected chi connectivity index (χ3v) is 3.14. The Morgan fingerprint density at radius 3 is 2.72 bits per heavy atom. The minimum atomic E-state index is 0. The lowest BCUT2D eigenvalue weighted by atomic mass is 10.1. The molecule has 3 nitrogen and oxygen atoms in total. The number of amides is 1. The Balaban J connectivity index is 0.00000289. The van der Waals surface area contributed by atoms with Crippen molar-refractivity contribution in [1.82, 2.24) is 4.90 Å². The predicted molar refractivity (Wildman–Crippen MR) is 78.2 cm³/mol. The first kappa shape index (κ1) is 17.2. The van der Waals surface area contributed by atoms with Crippen molar-refractivity contribution >= 4 is 29.9 Å². The lowest BCUT2D eigenvalue weighted by Crippen LogP contribution is -2.29. The van der Waals surface area contributed by atoms with E-state index in [0.29, 0.717) is 18.0 Å². The topological polar surface area (TPSA) is 46.3 Å². The minimum absolute atomic E-state index is 0. The zero-order valence-corrected chi connectivity index (χ0v) is 12.3. The predicted octanol–water partition coefficient (Wildman–Crippen LogP) is 3.02. The molecule has 0 saturated carbocycles. The van der Waals surface area contributed by atoms with Crippen molar-refractivity contribution in [3.8, 4) is 0 Å². The van der Waals surface area contributed by atoms with E-state index in [9.17, 15) is 4.79 Å². The molecule has 1 amide bonds. The number of carbonyl (C=O) groups is 1. The molecule has 1 atom stereocenters. The summed E-state index contributed by atoms with van der Waals surface area (Å²) < 4.78 is 0. The molecule has 0 aliphatic rings. The van der Waals surface area contributed by atoms with Gasteiger partial charge in [-0.15, -0.1) is 12.4 Å². The van der Waals surface area contributed by atoms with E-state index in [0.717, 1.165) is 12.0 Å². The van der Waals surface area contributed by atoms with Crippen LogP contribution in [0.1, 0.15) is 31.4 Å². The van der Waals surface area contributed by atoms with Crippen LogP contribution in [0.15, 0.2) is 24.3 Å². The number of hydrogen-bond donors (Lipinski definition) is 1. The Morgan fingerprint density at radius 1 is 1.50 bits per heavy atom. The fraction of sp³-hybridized carbons (Fsp3) is 0.462. The summed E-state index contributed by atoms with van der Waals surface area (Å²) in [4.78, 5) is 13.6. The van der Waals surface area contributed by atoms with Gasteiger partial charge in [0, 0.05) is 18.5 Å². The van der Waals surface area contributed by atoms with E-state index in [1.54, 1.807) is 4.90 Å². The van der Waals surface area contributed by atoms with Crippen LogP contribution in [0.4, 0.5) is 0 Å². The second kappa shape index (κ2) is 8.35. The Labute approximate surface area is 120 Å². The normalized spacial score (nSPS) is 11.6.